The van der Waals surface area contributed by atoms with Gasteiger partial charge in [-0.2, -0.15) is 0 Å². The number of amides is 1. The van der Waals surface area contributed by atoms with Gasteiger partial charge in [0, 0.05) is 31.0 Å². The van der Waals surface area contributed by atoms with E-state index >= 15 is 0 Å². The molecule has 1 amide bonds. The molecule has 6 nitrogen and oxygen atoms in total. The Bertz CT molecular complexity index is 865. The van der Waals surface area contributed by atoms with Crippen molar-refractivity contribution in [1.29, 1.82) is 0 Å². The van der Waals surface area contributed by atoms with Gasteiger partial charge in [-0.05, 0) is 61.2 Å². The summed E-state index contributed by atoms with van der Waals surface area (Å²) < 4.78 is 5.12. The number of ketones is 1. The molecule has 1 aliphatic rings. The first-order valence-corrected chi connectivity index (χ1v) is 9.76. The molecule has 0 atom stereocenters. The lowest BCUT2D eigenvalue weighted by Gasteiger charge is -2.31. The molecule has 29 heavy (non-hydrogen) atoms. The van der Waals surface area contributed by atoms with E-state index in [1.54, 1.807) is 55.6 Å². The molecular weight excluding hydrogens is 370 g/mol. The van der Waals surface area contributed by atoms with Crippen LogP contribution in [0.3, 0.4) is 0 Å². The fraction of sp³-hybridized carbons (Fsp3) is 0.348. The summed E-state index contributed by atoms with van der Waals surface area (Å²) in [6, 6.07) is 13.7. The number of hydrogen-bond acceptors (Lipinski definition) is 4. The van der Waals surface area contributed by atoms with Crippen LogP contribution in [-0.4, -0.2) is 47.9 Å². The van der Waals surface area contributed by atoms with Crippen LogP contribution in [0.1, 0.15) is 45.5 Å². The van der Waals surface area contributed by atoms with Crippen molar-refractivity contribution in [1.82, 2.24) is 4.90 Å². The van der Waals surface area contributed by atoms with E-state index in [4.69, 9.17) is 9.84 Å². The van der Waals surface area contributed by atoms with Gasteiger partial charge in [-0.15, -0.1) is 0 Å². The average Bonchev–Trinajstić information content (AvgIpc) is 2.77. The first kappa shape index (κ1) is 20.6. The fourth-order valence-electron chi connectivity index (χ4n) is 3.61. The first-order chi connectivity index (χ1) is 14.0. The minimum Gasteiger partial charge on any atom is -0.497 e. The molecule has 6 heteroatoms. The Balaban J connectivity index is 1.47. The number of aryl methyl sites for hydroxylation is 1. The summed E-state index contributed by atoms with van der Waals surface area (Å²) >= 11 is 0. The van der Waals surface area contributed by atoms with Crippen LogP contribution < -0.4 is 4.74 Å². The highest BCUT2D eigenvalue weighted by atomic mass is 16.5. The third-order valence-corrected chi connectivity index (χ3v) is 5.42. The van der Waals surface area contributed by atoms with Crippen molar-refractivity contribution >= 4 is 17.7 Å². The SMILES string of the molecule is COc1ccc(C(=O)C2CCN(C(=O)CCc3ccc(C(=O)O)cc3)CC2)cc1. The number of likely N-dealkylation sites (tertiary alicyclic amines) is 1. The number of aromatic carboxylic acids is 1. The number of hydrogen-bond donors (Lipinski definition) is 1. The minimum atomic E-state index is -0.959. The molecule has 152 valence electrons. The second kappa shape index (κ2) is 9.37. The first-order valence-electron chi connectivity index (χ1n) is 9.76. The van der Waals surface area contributed by atoms with Gasteiger partial charge in [0.15, 0.2) is 5.78 Å². The van der Waals surface area contributed by atoms with Gasteiger partial charge >= 0.3 is 5.97 Å². The Hall–Kier alpha value is -3.15. The van der Waals surface area contributed by atoms with Crippen molar-refractivity contribution in [3.8, 4) is 5.75 Å². The normalized spacial score (nSPS) is 14.4. The zero-order valence-corrected chi connectivity index (χ0v) is 16.5. The van der Waals surface area contributed by atoms with Gasteiger partial charge in [0.2, 0.25) is 5.91 Å². The van der Waals surface area contributed by atoms with Crippen molar-refractivity contribution < 1.29 is 24.2 Å². The molecular formula is C23H25NO5. The van der Waals surface area contributed by atoms with Crippen molar-refractivity contribution in [2.45, 2.75) is 25.7 Å². The van der Waals surface area contributed by atoms with E-state index in [-0.39, 0.29) is 23.2 Å². The number of nitrogens with zero attached hydrogens (tertiary/aromatic N) is 1. The highest BCUT2D eigenvalue weighted by Gasteiger charge is 2.27. The highest BCUT2D eigenvalue weighted by molar-refractivity contribution is 5.98. The van der Waals surface area contributed by atoms with Crippen LogP contribution in [0.15, 0.2) is 48.5 Å². The Morgan fingerprint density at radius 3 is 2.10 bits per heavy atom. The highest BCUT2D eigenvalue weighted by Crippen LogP contribution is 2.23. The van der Waals surface area contributed by atoms with E-state index < -0.39 is 5.97 Å². The number of rotatable bonds is 7. The molecule has 0 unspecified atom stereocenters. The number of ether oxygens (including phenoxy) is 1. The molecule has 0 spiro atoms. The maximum Gasteiger partial charge on any atom is 0.335 e. The molecule has 0 saturated carbocycles. The topological polar surface area (TPSA) is 83.9 Å². The Morgan fingerprint density at radius 2 is 1.55 bits per heavy atom. The zero-order chi connectivity index (χ0) is 20.8. The molecule has 0 radical (unpaired) electrons. The molecule has 0 aliphatic carbocycles. The number of Topliss-reactive ketones (excluding diaryl/α,β-unsaturated/α-hetero) is 1. The van der Waals surface area contributed by atoms with Crippen LogP contribution in [0.4, 0.5) is 0 Å². The number of carbonyl (C=O) groups excluding carboxylic acids is 2. The number of piperidine rings is 1. The standard InChI is InChI=1S/C23H25NO5/c1-29-20-9-7-17(8-10-20)22(26)18-12-14-24(15-13-18)21(25)11-4-16-2-5-19(6-3-16)23(27)28/h2-3,5-10,18H,4,11-15H2,1H3,(H,27,28). The van der Waals surface area contributed by atoms with Gasteiger partial charge in [-0.1, -0.05) is 12.1 Å². The molecule has 1 N–H and O–H groups in total. The smallest absolute Gasteiger partial charge is 0.335 e. The number of methoxy groups -OCH3 is 1. The number of carboxylic acids is 1. The maximum atomic E-state index is 12.7. The molecule has 3 rings (SSSR count). The summed E-state index contributed by atoms with van der Waals surface area (Å²) in [7, 11) is 1.59. The summed E-state index contributed by atoms with van der Waals surface area (Å²) in [6.07, 6.45) is 2.29. The van der Waals surface area contributed by atoms with Crippen LogP contribution in [0.5, 0.6) is 5.75 Å². The summed E-state index contributed by atoms with van der Waals surface area (Å²) in [6.45, 7) is 1.17. The minimum absolute atomic E-state index is 0.0593. The van der Waals surface area contributed by atoms with E-state index in [2.05, 4.69) is 0 Å². The fourth-order valence-corrected chi connectivity index (χ4v) is 3.61. The van der Waals surface area contributed by atoms with Crippen molar-refractivity contribution in [2.24, 2.45) is 5.92 Å². The zero-order valence-electron chi connectivity index (χ0n) is 16.5. The van der Waals surface area contributed by atoms with Gasteiger partial charge in [0.1, 0.15) is 5.75 Å². The molecule has 1 heterocycles. The third kappa shape index (κ3) is 5.22. The Morgan fingerprint density at radius 1 is 0.966 bits per heavy atom. The summed E-state index contributed by atoms with van der Waals surface area (Å²) in [4.78, 5) is 37.9. The van der Waals surface area contributed by atoms with Gasteiger partial charge in [0.25, 0.3) is 0 Å². The number of carbonyl (C=O) groups is 3. The lowest BCUT2D eigenvalue weighted by Crippen LogP contribution is -2.40. The van der Waals surface area contributed by atoms with E-state index in [1.807, 2.05) is 4.90 Å². The largest absolute Gasteiger partial charge is 0.497 e. The van der Waals surface area contributed by atoms with Crippen molar-refractivity contribution in [3.05, 3.63) is 65.2 Å². The van der Waals surface area contributed by atoms with Crippen molar-refractivity contribution in [3.63, 3.8) is 0 Å². The molecule has 1 saturated heterocycles. The predicted molar refractivity (Wildman–Crippen MR) is 108 cm³/mol. The van der Waals surface area contributed by atoms with Crippen LogP contribution in [0.2, 0.25) is 0 Å². The Kier molecular flexibility index (Phi) is 6.65. The monoisotopic (exact) mass is 395 g/mol. The van der Waals surface area contributed by atoms with Crippen LogP contribution in [-0.2, 0) is 11.2 Å². The number of carboxylic acid groups (broad SMARTS) is 1. The van der Waals surface area contributed by atoms with E-state index in [1.165, 1.54) is 0 Å². The molecule has 1 fully saturated rings. The van der Waals surface area contributed by atoms with Gasteiger partial charge < -0.3 is 14.7 Å². The lowest BCUT2D eigenvalue weighted by molar-refractivity contribution is -0.132. The van der Waals surface area contributed by atoms with Gasteiger partial charge in [-0.25, -0.2) is 4.79 Å². The van der Waals surface area contributed by atoms with Crippen LogP contribution in [0.25, 0.3) is 0 Å². The van der Waals surface area contributed by atoms with Gasteiger partial charge in [-0.3, -0.25) is 9.59 Å². The van der Waals surface area contributed by atoms with Crippen LogP contribution >= 0.6 is 0 Å². The van der Waals surface area contributed by atoms with E-state index in [0.717, 1.165) is 11.3 Å². The van der Waals surface area contributed by atoms with Crippen molar-refractivity contribution in [2.75, 3.05) is 20.2 Å². The molecule has 0 bridgehead atoms. The lowest BCUT2D eigenvalue weighted by atomic mass is 9.88. The molecule has 2 aromatic carbocycles. The molecule has 0 aromatic heterocycles. The summed E-state index contributed by atoms with van der Waals surface area (Å²) in [5.74, 6) is -0.101. The third-order valence-electron chi connectivity index (χ3n) is 5.42. The van der Waals surface area contributed by atoms with Gasteiger partial charge in [0.05, 0.1) is 12.7 Å². The quantitative estimate of drug-likeness (QED) is 0.726. The summed E-state index contributed by atoms with van der Waals surface area (Å²) in [5.41, 5.74) is 1.86. The molecule has 1 aliphatic heterocycles. The second-order valence-corrected chi connectivity index (χ2v) is 7.25. The predicted octanol–water partition coefficient (Wildman–Crippen LogP) is 3.45. The Labute approximate surface area is 170 Å². The van der Waals surface area contributed by atoms with Crippen LogP contribution in [0, 0.1) is 5.92 Å². The number of benzene rings is 2. The molecule has 2 aromatic rings. The van der Waals surface area contributed by atoms with E-state index in [0.29, 0.717) is 44.3 Å². The summed E-state index contributed by atoms with van der Waals surface area (Å²) in [5, 5.41) is 8.93. The second-order valence-electron chi connectivity index (χ2n) is 7.25. The maximum absolute atomic E-state index is 12.7. The van der Waals surface area contributed by atoms with E-state index in [9.17, 15) is 14.4 Å². The average molecular weight is 395 g/mol.